The fourth-order valence-corrected chi connectivity index (χ4v) is 3.12. The number of hydrogen-bond acceptors (Lipinski definition) is 7. The monoisotopic (exact) mass is 396 g/mol. The topological polar surface area (TPSA) is 133 Å². The Hall–Kier alpha value is -3.88. The molecular formula is C20H16N2O7. The molecule has 1 aliphatic rings. The Morgan fingerprint density at radius 2 is 1.69 bits per heavy atom. The van der Waals surface area contributed by atoms with E-state index < -0.39 is 51.3 Å². The quantitative estimate of drug-likeness (QED) is 0.396. The molecule has 0 saturated carbocycles. The van der Waals surface area contributed by atoms with Gasteiger partial charge < -0.3 is 10.1 Å². The molecule has 0 heterocycles. The second-order valence-electron chi connectivity index (χ2n) is 6.29. The number of hydrogen-bond donors (Lipinski definition) is 1. The number of likely N-dealkylation sites (N-methyl/N-ethyl adjacent to an activating group) is 1. The third-order valence-corrected chi connectivity index (χ3v) is 4.47. The zero-order chi connectivity index (χ0) is 21.3. The van der Waals surface area contributed by atoms with Crippen LogP contribution in [0.15, 0.2) is 36.4 Å². The van der Waals surface area contributed by atoms with Gasteiger partial charge in [-0.3, -0.25) is 24.5 Å². The molecule has 9 nitrogen and oxygen atoms in total. The Bertz CT molecular complexity index is 1070. The van der Waals surface area contributed by atoms with Crippen LogP contribution in [-0.4, -0.2) is 41.0 Å². The number of nitro groups is 1. The van der Waals surface area contributed by atoms with Gasteiger partial charge in [0.25, 0.3) is 11.6 Å². The molecule has 1 aliphatic carbocycles. The summed E-state index contributed by atoms with van der Waals surface area (Å²) in [5.41, 5.74) is -1.78. The summed E-state index contributed by atoms with van der Waals surface area (Å²) in [5.74, 6) is -2.98. The first-order chi connectivity index (χ1) is 13.8. The number of ether oxygens (including phenoxy) is 1. The van der Waals surface area contributed by atoms with Gasteiger partial charge in [0.1, 0.15) is 11.1 Å². The highest BCUT2D eigenvalue weighted by Crippen LogP contribution is 2.35. The lowest BCUT2D eigenvalue weighted by atomic mass is 9.82. The number of esters is 1. The summed E-state index contributed by atoms with van der Waals surface area (Å²) in [7, 11) is 0. The van der Waals surface area contributed by atoms with Gasteiger partial charge in [0.05, 0.1) is 4.92 Å². The van der Waals surface area contributed by atoms with E-state index in [0.717, 1.165) is 6.07 Å². The molecule has 29 heavy (non-hydrogen) atoms. The van der Waals surface area contributed by atoms with Crippen molar-refractivity contribution in [2.75, 3.05) is 6.54 Å². The van der Waals surface area contributed by atoms with Crippen LogP contribution in [0.1, 0.15) is 56.0 Å². The molecule has 0 spiro atoms. The summed E-state index contributed by atoms with van der Waals surface area (Å²) in [4.78, 5) is 60.7. The van der Waals surface area contributed by atoms with E-state index in [1.165, 1.54) is 31.2 Å². The van der Waals surface area contributed by atoms with Crippen LogP contribution in [-0.2, 0) is 9.53 Å². The normalized spacial score (nSPS) is 13.2. The third kappa shape index (κ3) is 3.38. The van der Waals surface area contributed by atoms with Crippen molar-refractivity contribution in [1.82, 2.24) is 5.32 Å². The van der Waals surface area contributed by atoms with Gasteiger partial charge in [0.2, 0.25) is 5.78 Å². The maximum atomic E-state index is 12.9. The first-order valence-corrected chi connectivity index (χ1v) is 8.76. The minimum Gasteiger partial charge on any atom is -0.449 e. The molecule has 0 aromatic heterocycles. The third-order valence-electron chi connectivity index (χ3n) is 4.47. The van der Waals surface area contributed by atoms with Crippen LogP contribution in [0.5, 0.6) is 0 Å². The van der Waals surface area contributed by atoms with Crippen molar-refractivity contribution < 1.29 is 28.8 Å². The Balaban J connectivity index is 2.10. The number of nitro benzene ring substituents is 1. The van der Waals surface area contributed by atoms with Crippen molar-refractivity contribution in [3.05, 3.63) is 74.3 Å². The summed E-state index contributed by atoms with van der Waals surface area (Å²) in [6, 6.07) is 8.21. The van der Waals surface area contributed by atoms with Crippen molar-refractivity contribution in [3.8, 4) is 0 Å². The number of nitrogens with zero attached hydrogens (tertiary/aromatic N) is 1. The zero-order valence-corrected chi connectivity index (χ0v) is 15.6. The molecule has 0 radical (unpaired) electrons. The predicted octanol–water partition coefficient (Wildman–Crippen LogP) is 2.05. The summed E-state index contributed by atoms with van der Waals surface area (Å²) in [5, 5.41) is 14.2. The van der Waals surface area contributed by atoms with E-state index in [4.69, 9.17) is 4.74 Å². The Morgan fingerprint density at radius 1 is 1.07 bits per heavy atom. The van der Waals surface area contributed by atoms with E-state index >= 15 is 0 Å². The first kappa shape index (κ1) is 19.9. The second-order valence-corrected chi connectivity index (χ2v) is 6.29. The molecule has 2 aromatic carbocycles. The fraction of sp³-hybridized carbons (Fsp3) is 0.200. The smallest absolute Gasteiger partial charge is 0.345 e. The average Bonchev–Trinajstić information content (AvgIpc) is 2.70. The SMILES string of the molecule is CCNC(=O)[C@@H](C)OC(=O)c1ccc2c(c1[N+](=O)[O-])C(=O)c1ccccc1C2=O. The van der Waals surface area contributed by atoms with Crippen LogP contribution in [0.3, 0.4) is 0 Å². The van der Waals surface area contributed by atoms with Crippen LogP contribution in [0.4, 0.5) is 5.69 Å². The molecular weight excluding hydrogens is 380 g/mol. The highest BCUT2D eigenvalue weighted by Gasteiger charge is 2.39. The Labute approximate surface area is 164 Å². The molecule has 3 rings (SSSR count). The number of fused-ring (bicyclic) bond motifs is 2. The Kier molecular flexibility index (Phi) is 5.22. The minimum absolute atomic E-state index is 0.0225. The highest BCUT2D eigenvalue weighted by molar-refractivity contribution is 6.30. The molecule has 1 N–H and O–H groups in total. The fourth-order valence-electron chi connectivity index (χ4n) is 3.12. The standard InChI is InChI=1S/C20H16N2O7/c1-3-21-19(25)10(2)29-20(26)14-9-8-13-15(16(14)22(27)28)18(24)12-7-5-4-6-11(12)17(13)23/h4-10H,3H2,1-2H3,(H,21,25)/t10-/m1/s1. The van der Waals surface area contributed by atoms with Crippen LogP contribution in [0.2, 0.25) is 0 Å². The van der Waals surface area contributed by atoms with E-state index in [-0.39, 0.29) is 16.7 Å². The zero-order valence-electron chi connectivity index (χ0n) is 15.6. The van der Waals surface area contributed by atoms with Gasteiger partial charge >= 0.3 is 5.97 Å². The largest absolute Gasteiger partial charge is 0.449 e. The predicted molar refractivity (Wildman–Crippen MR) is 100.0 cm³/mol. The van der Waals surface area contributed by atoms with E-state index in [0.29, 0.717) is 6.54 Å². The van der Waals surface area contributed by atoms with Gasteiger partial charge in [0, 0.05) is 23.2 Å². The van der Waals surface area contributed by atoms with Gasteiger partial charge in [-0.25, -0.2) is 4.79 Å². The number of ketones is 2. The average molecular weight is 396 g/mol. The van der Waals surface area contributed by atoms with Crippen molar-refractivity contribution in [2.24, 2.45) is 0 Å². The first-order valence-electron chi connectivity index (χ1n) is 8.76. The number of amides is 1. The van der Waals surface area contributed by atoms with Gasteiger partial charge in [-0.1, -0.05) is 24.3 Å². The number of rotatable bonds is 5. The molecule has 0 unspecified atom stereocenters. The number of carbonyl (C=O) groups excluding carboxylic acids is 4. The van der Waals surface area contributed by atoms with Crippen LogP contribution >= 0.6 is 0 Å². The summed E-state index contributed by atoms with van der Waals surface area (Å²) >= 11 is 0. The van der Waals surface area contributed by atoms with Crippen molar-refractivity contribution >= 4 is 29.1 Å². The van der Waals surface area contributed by atoms with E-state index in [2.05, 4.69) is 5.32 Å². The maximum Gasteiger partial charge on any atom is 0.345 e. The van der Waals surface area contributed by atoms with Crippen molar-refractivity contribution in [1.29, 1.82) is 0 Å². The molecule has 0 saturated heterocycles. The van der Waals surface area contributed by atoms with Crippen molar-refractivity contribution in [2.45, 2.75) is 20.0 Å². The lowest BCUT2D eigenvalue weighted by Gasteiger charge is -2.18. The summed E-state index contributed by atoms with van der Waals surface area (Å²) in [6.07, 6.45) is -1.20. The summed E-state index contributed by atoms with van der Waals surface area (Å²) in [6.45, 7) is 3.31. The lowest BCUT2D eigenvalue weighted by Crippen LogP contribution is -2.35. The molecule has 1 amide bonds. The Morgan fingerprint density at radius 3 is 2.28 bits per heavy atom. The van der Waals surface area contributed by atoms with Gasteiger partial charge in [-0.05, 0) is 26.0 Å². The lowest BCUT2D eigenvalue weighted by molar-refractivity contribution is -0.385. The number of benzene rings is 2. The second kappa shape index (κ2) is 7.63. The molecule has 148 valence electrons. The molecule has 0 bridgehead atoms. The molecule has 0 fully saturated rings. The molecule has 0 aliphatic heterocycles. The number of carbonyl (C=O) groups is 4. The van der Waals surface area contributed by atoms with E-state index in [1.807, 2.05) is 0 Å². The van der Waals surface area contributed by atoms with Crippen LogP contribution in [0, 0.1) is 10.1 Å². The highest BCUT2D eigenvalue weighted by atomic mass is 16.6. The van der Waals surface area contributed by atoms with Gasteiger partial charge in [0.15, 0.2) is 11.9 Å². The number of nitrogens with one attached hydrogen (secondary N) is 1. The van der Waals surface area contributed by atoms with Gasteiger partial charge in [-0.2, -0.15) is 0 Å². The minimum atomic E-state index is -1.20. The maximum absolute atomic E-state index is 12.9. The molecule has 1 atom stereocenters. The van der Waals surface area contributed by atoms with E-state index in [1.54, 1.807) is 13.0 Å². The van der Waals surface area contributed by atoms with Crippen LogP contribution in [0.25, 0.3) is 0 Å². The molecule has 9 heteroatoms. The van der Waals surface area contributed by atoms with Gasteiger partial charge in [-0.15, -0.1) is 0 Å². The van der Waals surface area contributed by atoms with Crippen molar-refractivity contribution in [3.63, 3.8) is 0 Å². The van der Waals surface area contributed by atoms with E-state index in [9.17, 15) is 29.3 Å². The molecule has 2 aromatic rings. The summed E-state index contributed by atoms with van der Waals surface area (Å²) < 4.78 is 5.01. The van der Waals surface area contributed by atoms with Crippen LogP contribution < -0.4 is 5.32 Å².